The fraction of sp³-hybridized carbons (Fsp3) is 0.571. The summed E-state index contributed by atoms with van der Waals surface area (Å²) in [7, 11) is 0. The van der Waals surface area contributed by atoms with Gasteiger partial charge in [-0.3, -0.25) is 9.59 Å². The molecule has 0 saturated carbocycles. The van der Waals surface area contributed by atoms with Crippen LogP contribution in [0.4, 0.5) is 0 Å². The van der Waals surface area contributed by atoms with Gasteiger partial charge in [-0.1, -0.05) is 62.9 Å². The summed E-state index contributed by atoms with van der Waals surface area (Å²) >= 11 is 1.72. The van der Waals surface area contributed by atoms with Crippen molar-refractivity contribution < 1.29 is 14.3 Å². The third-order valence-corrected chi connectivity index (χ3v) is 6.79. The van der Waals surface area contributed by atoms with Crippen molar-refractivity contribution in [3.05, 3.63) is 57.8 Å². The number of ether oxygens (including phenoxy) is 1. The summed E-state index contributed by atoms with van der Waals surface area (Å²) in [5, 5.41) is 0. The first-order valence-corrected chi connectivity index (χ1v) is 13.6. The Balaban J connectivity index is 2.06. The minimum Gasteiger partial charge on any atom is -0.382 e. The number of rotatable bonds is 17. The molecule has 0 radical (unpaired) electrons. The van der Waals surface area contributed by atoms with Crippen molar-refractivity contribution in [3.63, 3.8) is 0 Å². The average molecular weight is 487 g/mol. The van der Waals surface area contributed by atoms with Crippen LogP contribution in [0.1, 0.15) is 74.1 Å². The number of benzene rings is 1. The van der Waals surface area contributed by atoms with Crippen LogP contribution in [0.5, 0.6) is 0 Å². The Morgan fingerprint density at radius 2 is 1.62 bits per heavy atom. The Morgan fingerprint density at radius 1 is 0.853 bits per heavy atom. The number of carbonyl (C=O) groups excluding carboxylic acids is 2. The van der Waals surface area contributed by atoms with E-state index in [0.717, 1.165) is 36.1 Å². The van der Waals surface area contributed by atoms with E-state index in [1.165, 1.54) is 17.7 Å². The second kappa shape index (κ2) is 16.4. The molecule has 1 aromatic heterocycles. The number of thiophene rings is 1. The van der Waals surface area contributed by atoms with Gasteiger partial charge in [-0.25, -0.2) is 0 Å². The summed E-state index contributed by atoms with van der Waals surface area (Å²) in [4.78, 5) is 32.5. The van der Waals surface area contributed by atoms with E-state index in [9.17, 15) is 9.59 Å². The number of unbranched alkanes of at least 4 members (excludes halogenated alkanes) is 4. The van der Waals surface area contributed by atoms with E-state index in [1.54, 1.807) is 16.2 Å². The number of hydrogen-bond acceptors (Lipinski definition) is 4. The molecule has 1 heterocycles. The van der Waals surface area contributed by atoms with E-state index in [4.69, 9.17) is 4.74 Å². The monoisotopic (exact) mass is 486 g/mol. The fourth-order valence-corrected chi connectivity index (χ4v) is 4.80. The van der Waals surface area contributed by atoms with E-state index < -0.39 is 0 Å². The summed E-state index contributed by atoms with van der Waals surface area (Å²) in [5.41, 5.74) is 1.09. The number of hydrogen-bond donors (Lipinski definition) is 0. The smallest absolute Gasteiger partial charge is 0.242 e. The SMILES string of the molecule is CCCCCCCC(=O)N(CCCOCC)CC(=O)N(Cc1ccccc1)Cc1ccc(C)s1. The van der Waals surface area contributed by atoms with Crippen LogP contribution < -0.4 is 0 Å². The lowest BCUT2D eigenvalue weighted by atomic mass is 10.1. The minimum atomic E-state index is -0.00866. The molecule has 0 bridgehead atoms. The van der Waals surface area contributed by atoms with Crippen LogP contribution in [-0.4, -0.2) is 47.9 Å². The quantitative estimate of drug-likeness (QED) is 0.250. The third kappa shape index (κ3) is 10.8. The van der Waals surface area contributed by atoms with E-state index in [-0.39, 0.29) is 18.4 Å². The summed E-state index contributed by atoms with van der Waals surface area (Å²) in [6, 6.07) is 14.2. The molecular formula is C28H42N2O3S. The van der Waals surface area contributed by atoms with Crippen LogP contribution in [0, 0.1) is 6.92 Å². The zero-order valence-corrected chi connectivity index (χ0v) is 22.1. The predicted octanol–water partition coefficient (Wildman–Crippen LogP) is 6.20. The normalized spacial score (nSPS) is 10.9. The van der Waals surface area contributed by atoms with E-state index in [2.05, 4.69) is 26.0 Å². The van der Waals surface area contributed by atoms with Crippen LogP contribution in [0.25, 0.3) is 0 Å². The van der Waals surface area contributed by atoms with Gasteiger partial charge in [-0.2, -0.15) is 0 Å². The molecule has 0 aliphatic heterocycles. The Hall–Kier alpha value is -2.18. The molecule has 0 saturated heterocycles. The fourth-order valence-electron chi connectivity index (χ4n) is 3.89. The molecular weight excluding hydrogens is 444 g/mol. The highest BCUT2D eigenvalue weighted by Crippen LogP contribution is 2.19. The van der Waals surface area contributed by atoms with Crippen molar-refractivity contribution in [1.82, 2.24) is 9.80 Å². The number of amides is 2. The molecule has 2 aromatic rings. The molecule has 0 unspecified atom stereocenters. The first kappa shape index (κ1) is 28.1. The maximum Gasteiger partial charge on any atom is 0.242 e. The predicted molar refractivity (Wildman–Crippen MR) is 141 cm³/mol. The highest BCUT2D eigenvalue weighted by atomic mass is 32.1. The number of nitrogens with zero attached hydrogens (tertiary/aromatic N) is 2. The highest BCUT2D eigenvalue weighted by molar-refractivity contribution is 7.11. The van der Waals surface area contributed by atoms with E-state index >= 15 is 0 Å². The Kier molecular flexibility index (Phi) is 13.6. The summed E-state index contributed by atoms with van der Waals surface area (Å²) in [6.45, 7) is 9.28. The van der Waals surface area contributed by atoms with Crippen LogP contribution in [-0.2, 0) is 27.4 Å². The molecule has 0 aliphatic rings. The molecule has 0 N–H and O–H groups in total. The van der Waals surface area contributed by atoms with Crippen molar-refractivity contribution in [3.8, 4) is 0 Å². The van der Waals surface area contributed by atoms with Crippen molar-refractivity contribution in [1.29, 1.82) is 0 Å². The van der Waals surface area contributed by atoms with Crippen LogP contribution >= 0.6 is 11.3 Å². The van der Waals surface area contributed by atoms with E-state index in [1.807, 2.05) is 42.2 Å². The van der Waals surface area contributed by atoms with Gasteiger partial charge in [-0.05, 0) is 44.4 Å². The lowest BCUT2D eigenvalue weighted by Gasteiger charge is -2.28. The first-order chi connectivity index (χ1) is 16.5. The third-order valence-electron chi connectivity index (χ3n) is 5.81. The molecule has 1 aromatic carbocycles. The Labute approximate surface area is 210 Å². The lowest BCUT2D eigenvalue weighted by molar-refractivity contribution is -0.141. The van der Waals surface area contributed by atoms with Gasteiger partial charge in [0.05, 0.1) is 13.1 Å². The van der Waals surface area contributed by atoms with Gasteiger partial charge in [0, 0.05) is 42.5 Å². The Bertz CT molecular complexity index is 837. The Morgan fingerprint density at radius 3 is 2.29 bits per heavy atom. The van der Waals surface area contributed by atoms with Crippen LogP contribution in [0.15, 0.2) is 42.5 Å². The zero-order chi connectivity index (χ0) is 24.6. The van der Waals surface area contributed by atoms with Crippen molar-refractivity contribution in [2.75, 3.05) is 26.3 Å². The van der Waals surface area contributed by atoms with Gasteiger partial charge in [0.1, 0.15) is 0 Å². The molecule has 0 aliphatic carbocycles. The second-order valence-electron chi connectivity index (χ2n) is 8.78. The minimum absolute atomic E-state index is 0.00866. The summed E-state index contributed by atoms with van der Waals surface area (Å²) in [6.07, 6.45) is 6.77. The standard InChI is InChI=1S/C28H42N2O3S/c1-4-6-7-8-12-16-27(31)29(19-13-20-33-5-2)23-28(32)30(21-25-14-10-9-11-15-25)22-26-18-17-24(3)34-26/h9-11,14-15,17-18H,4-8,12-13,16,19-23H2,1-3H3. The van der Waals surface area contributed by atoms with Crippen molar-refractivity contribution in [2.45, 2.75) is 78.8 Å². The maximum atomic E-state index is 13.5. The largest absolute Gasteiger partial charge is 0.382 e. The first-order valence-electron chi connectivity index (χ1n) is 12.8. The molecule has 0 spiro atoms. The average Bonchev–Trinajstić information content (AvgIpc) is 3.25. The maximum absolute atomic E-state index is 13.5. The van der Waals surface area contributed by atoms with E-state index in [0.29, 0.717) is 39.3 Å². The van der Waals surface area contributed by atoms with Gasteiger partial charge in [0.25, 0.3) is 0 Å². The summed E-state index contributed by atoms with van der Waals surface area (Å²) in [5.74, 6) is 0.0682. The molecule has 0 fully saturated rings. The van der Waals surface area contributed by atoms with Gasteiger partial charge >= 0.3 is 0 Å². The molecule has 2 amide bonds. The second-order valence-corrected chi connectivity index (χ2v) is 10.2. The van der Waals surface area contributed by atoms with Gasteiger partial charge < -0.3 is 14.5 Å². The molecule has 188 valence electrons. The molecule has 0 atom stereocenters. The number of aryl methyl sites for hydroxylation is 1. The van der Waals surface area contributed by atoms with Gasteiger partial charge in [0.15, 0.2) is 0 Å². The highest BCUT2D eigenvalue weighted by Gasteiger charge is 2.22. The van der Waals surface area contributed by atoms with Crippen LogP contribution in [0.2, 0.25) is 0 Å². The zero-order valence-electron chi connectivity index (χ0n) is 21.3. The lowest BCUT2D eigenvalue weighted by Crippen LogP contribution is -2.43. The van der Waals surface area contributed by atoms with Gasteiger partial charge in [0.2, 0.25) is 11.8 Å². The topological polar surface area (TPSA) is 49.9 Å². The van der Waals surface area contributed by atoms with Crippen LogP contribution in [0.3, 0.4) is 0 Å². The number of carbonyl (C=O) groups is 2. The summed E-state index contributed by atoms with van der Waals surface area (Å²) < 4.78 is 5.47. The van der Waals surface area contributed by atoms with Crippen molar-refractivity contribution >= 4 is 23.2 Å². The molecule has 34 heavy (non-hydrogen) atoms. The molecule has 2 rings (SSSR count). The van der Waals surface area contributed by atoms with Crippen molar-refractivity contribution in [2.24, 2.45) is 0 Å². The molecule has 6 heteroatoms. The molecule has 5 nitrogen and oxygen atoms in total. The van der Waals surface area contributed by atoms with Gasteiger partial charge in [-0.15, -0.1) is 11.3 Å².